The van der Waals surface area contributed by atoms with Crippen LogP contribution in [0.25, 0.3) is 17.4 Å². The standard InChI is InChI=1S/C26H23FN4O5/c27-18-3-1-2-17(14-18)23-9-8-21(36-23)15-22-25(33)31(26(34)29-22)16-24(32)28-19-4-6-20(7-5-19)30-10-12-35-13-11-30/h1-9,14-15H,10-13,16H2,(H,28,32)(H,29,34)/b22-15-. The number of benzene rings is 2. The second-order valence-corrected chi connectivity index (χ2v) is 8.29. The first kappa shape index (κ1) is 23.3. The van der Waals surface area contributed by atoms with Gasteiger partial charge in [-0.3, -0.25) is 9.59 Å². The first-order chi connectivity index (χ1) is 17.5. The zero-order valence-electron chi connectivity index (χ0n) is 19.2. The molecule has 0 spiro atoms. The molecule has 5 rings (SSSR count). The number of carbonyl (C=O) groups is 3. The Kier molecular flexibility index (Phi) is 6.50. The van der Waals surface area contributed by atoms with Crippen LogP contribution in [-0.4, -0.2) is 55.6 Å². The number of ether oxygens (including phenoxy) is 1. The molecule has 2 aliphatic heterocycles. The number of anilines is 2. The summed E-state index contributed by atoms with van der Waals surface area (Å²) >= 11 is 0. The summed E-state index contributed by atoms with van der Waals surface area (Å²) in [6.45, 7) is 2.51. The van der Waals surface area contributed by atoms with Crippen molar-refractivity contribution in [1.82, 2.24) is 10.2 Å². The Bertz CT molecular complexity index is 1330. The van der Waals surface area contributed by atoms with E-state index in [1.165, 1.54) is 18.2 Å². The van der Waals surface area contributed by atoms with Gasteiger partial charge < -0.3 is 24.7 Å². The zero-order chi connectivity index (χ0) is 25.1. The third kappa shape index (κ3) is 5.13. The smallest absolute Gasteiger partial charge is 0.329 e. The van der Waals surface area contributed by atoms with Crippen molar-refractivity contribution in [1.29, 1.82) is 0 Å². The monoisotopic (exact) mass is 490 g/mol. The van der Waals surface area contributed by atoms with E-state index in [2.05, 4.69) is 15.5 Å². The molecule has 36 heavy (non-hydrogen) atoms. The van der Waals surface area contributed by atoms with Crippen LogP contribution in [0.3, 0.4) is 0 Å². The van der Waals surface area contributed by atoms with E-state index >= 15 is 0 Å². The molecular formula is C26H23FN4O5. The third-order valence-electron chi connectivity index (χ3n) is 5.81. The maximum atomic E-state index is 13.5. The molecule has 3 heterocycles. The van der Waals surface area contributed by atoms with Gasteiger partial charge in [-0.1, -0.05) is 12.1 Å². The van der Waals surface area contributed by atoms with Crippen molar-refractivity contribution in [3.05, 3.63) is 77.9 Å². The van der Waals surface area contributed by atoms with Gasteiger partial charge in [-0.2, -0.15) is 0 Å². The van der Waals surface area contributed by atoms with Crippen molar-refractivity contribution in [2.24, 2.45) is 0 Å². The molecule has 10 heteroatoms. The zero-order valence-corrected chi connectivity index (χ0v) is 19.2. The fourth-order valence-corrected chi connectivity index (χ4v) is 4.01. The Morgan fingerprint density at radius 1 is 1.06 bits per heavy atom. The Labute approximate surface area is 206 Å². The minimum absolute atomic E-state index is 0.0252. The average molecular weight is 490 g/mol. The first-order valence-electron chi connectivity index (χ1n) is 11.4. The number of rotatable bonds is 6. The number of hydrogen-bond acceptors (Lipinski definition) is 6. The molecule has 0 atom stereocenters. The largest absolute Gasteiger partial charge is 0.457 e. The summed E-state index contributed by atoms with van der Waals surface area (Å²) in [5.41, 5.74) is 2.10. The Morgan fingerprint density at radius 3 is 2.58 bits per heavy atom. The van der Waals surface area contributed by atoms with Gasteiger partial charge in [0.05, 0.1) is 13.2 Å². The molecule has 2 aliphatic rings. The molecule has 0 unspecified atom stereocenters. The lowest BCUT2D eigenvalue weighted by atomic mass is 10.2. The van der Waals surface area contributed by atoms with Gasteiger partial charge in [0.1, 0.15) is 29.6 Å². The fraction of sp³-hybridized carbons (Fsp3) is 0.192. The van der Waals surface area contributed by atoms with Crippen molar-refractivity contribution >= 4 is 35.3 Å². The first-order valence-corrected chi connectivity index (χ1v) is 11.4. The number of morpholine rings is 1. The molecule has 2 saturated heterocycles. The van der Waals surface area contributed by atoms with Crippen molar-refractivity contribution in [3.8, 4) is 11.3 Å². The van der Waals surface area contributed by atoms with Crippen LogP contribution in [0.4, 0.5) is 20.6 Å². The van der Waals surface area contributed by atoms with Gasteiger partial charge in [0, 0.05) is 36.1 Å². The summed E-state index contributed by atoms with van der Waals surface area (Å²) in [6.07, 6.45) is 1.37. The molecule has 0 bridgehead atoms. The highest BCUT2D eigenvalue weighted by molar-refractivity contribution is 6.15. The molecule has 1 aromatic heterocycles. The second-order valence-electron chi connectivity index (χ2n) is 8.29. The minimum atomic E-state index is -0.707. The highest BCUT2D eigenvalue weighted by Crippen LogP contribution is 2.25. The highest BCUT2D eigenvalue weighted by Gasteiger charge is 2.35. The van der Waals surface area contributed by atoms with Crippen LogP contribution in [0.15, 0.2) is 70.8 Å². The van der Waals surface area contributed by atoms with E-state index in [0.717, 1.165) is 23.7 Å². The third-order valence-corrected chi connectivity index (χ3v) is 5.81. The molecule has 3 aromatic rings. The number of imide groups is 1. The lowest BCUT2D eigenvalue weighted by Crippen LogP contribution is -2.38. The van der Waals surface area contributed by atoms with Crippen molar-refractivity contribution < 1.29 is 27.9 Å². The molecule has 2 fully saturated rings. The molecule has 2 aromatic carbocycles. The molecule has 0 saturated carbocycles. The number of furan rings is 1. The summed E-state index contributed by atoms with van der Waals surface area (Å²) in [4.78, 5) is 40.6. The van der Waals surface area contributed by atoms with Gasteiger partial charge >= 0.3 is 6.03 Å². The lowest BCUT2D eigenvalue weighted by Gasteiger charge is -2.28. The number of nitrogens with zero attached hydrogens (tertiary/aromatic N) is 2. The van der Waals surface area contributed by atoms with E-state index in [4.69, 9.17) is 9.15 Å². The number of carbonyl (C=O) groups excluding carboxylic acids is 3. The second kappa shape index (κ2) is 10.0. The topological polar surface area (TPSA) is 104 Å². The van der Waals surface area contributed by atoms with Gasteiger partial charge in [0.2, 0.25) is 5.91 Å². The van der Waals surface area contributed by atoms with Crippen LogP contribution in [0, 0.1) is 5.82 Å². The van der Waals surface area contributed by atoms with E-state index in [0.29, 0.717) is 36.0 Å². The van der Waals surface area contributed by atoms with E-state index in [-0.39, 0.29) is 5.70 Å². The molecular weight excluding hydrogens is 467 g/mol. The van der Waals surface area contributed by atoms with Crippen LogP contribution in [0.2, 0.25) is 0 Å². The SMILES string of the molecule is O=C(CN1C(=O)N/C(=C\c2ccc(-c3cccc(F)c3)o2)C1=O)Nc1ccc(N2CCOCC2)cc1. The van der Waals surface area contributed by atoms with Crippen molar-refractivity contribution in [2.75, 3.05) is 43.1 Å². The molecule has 2 N–H and O–H groups in total. The normalized spacial score (nSPS) is 17.0. The maximum Gasteiger partial charge on any atom is 0.329 e. The minimum Gasteiger partial charge on any atom is -0.457 e. The number of hydrogen-bond donors (Lipinski definition) is 2. The number of nitrogens with one attached hydrogen (secondary N) is 2. The molecule has 9 nitrogen and oxygen atoms in total. The van der Waals surface area contributed by atoms with Crippen LogP contribution >= 0.6 is 0 Å². The summed E-state index contributed by atoms with van der Waals surface area (Å²) < 4.78 is 24.5. The predicted octanol–water partition coefficient (Wildman–Crippen LogP) is 3.45. The van der Waals surface area contributed by atoms with E-state index < -0.39 is 30.2 Å². The Hall–Kier alpha value is -4.44. The van der Waals surface area contributed by atoms with Crippen molar-refractivity contribution in [2.45, 2.75) is 0 Å². The molecule has 0 aliphatic carbocycles. The number of urea groups is 1. The molecule has 0 radical (unpaired) electrons. The summed E-state index contributed by atoms with van der Waals surface area (Å²) in [5.74, 6) is -0.852. The summed E-state index contributed by atoms with van der Waals surface area (Å²) in [5, 5.41) is 5.16. The van der Waals surface area contributed by atoms with Gasteiger partial charge in [-0.15, -0.1) is 0 Å². The van der Waals surface area contributed by atoms with Crippen LogP contribution in [0.1, 0.15) is 5.76 Å². The van der Waals surface area contributed by atoms with Crippen molar-refractivity contribution in [3.63, 3.8) is 0 Å². The Balaban J connectivity index is 1.20. The van der Waals surface area contributed by atoms with Gasteiger partial charge in [0.15, 0.2) is 0 Å². The number of amides is 4. The van der Waals surface area contributed by atoms with Crippen LogP contribution in [-0.2, 0) is 14.3 Å². The van der Waals surface area contributed by atoms with Gasteiger partial charge in [0.25, 0.3) is 5.91 Å². The average Bonchev–Trinajstić information content (AvgIpc) is 3.45. The highest BCUT2D eigenvalue weighted by atomic mass is 19.1. The van der Waals surface area contributed by atoms with Gasteiger partial charge in [-0.25, -0.2) is 14.1 Å². The predicted molar refractivity (Wildman–Crippen MR) is 130 cm³/mol. The van der Waals surface area contributed by atoms with E-state index in [1.807, 2.05) is 12.1 Å². The quantitative estimate of drug-likeness (QED) is 0.405. The summed E-state index contributed by atoms with van der Waals surface area (Å²) in [6, 6.07) is 15.8. The maximum absolute atomic E-state index is 13.5. The van der Waals surface area contributed by atoms with Crippen LogP contribution < -0.4 is 15.5 Å². The van der Waals surface area contributed by atoms with Gasteiger partial charge in [-0.05, 0) is 48.5 Å². The van der Waals surface area contributed by atoms with E-state index in [1.54, 1.807) is 36.4 Å². The fourth-order valence-electron chi connectivity index (χ4n) is 4.01. The molecule has 184 valence electrons. The summed E-state index contributed by atoms with van der Waals surface area (Å²) in [7, 11) is 0. The number of halogens is 1. The Morgan fingerprint density at radius 2 is 1.83 bits per heavy atom. The molecule has 4 amide bonds. The lowest BCUT2D eigenvalue weighted by molar-refractivity contribution is -0.127. The van der Waals surface area contributed by atoms with E-state index in [9.17, 15) is 18.8 Å². The van der Waals surface area contributed by atoms with Crippen LogP contribution in [0.5, 0.6) is 0 Å².